The molecule has 5 nitrogen and oxygen atoms in total. The van der Waals surface area contributed by atoms with E-state index in [4.69, 9.17) is 0 Å². The summed E-state index contributed by atoms with van der Waals surface area (Å²) in [5.74, 6) is -0.00985. The average Bonchev–Trinajstić information content (AvgIpc) is 3.00. The maximum absolute atomic E-state index is 12.2. The van der Waals surface area contributed by atoms with Gasteiger partial charge in [0.25, 0.3) is 0 Å². The molecule has 1 N–H and O–H groups in total. The molecule has 0 saturated heterocycles. The first kappa shape index (κ1) is 15.7. The van der Waals surface area contributed by atoms with Gasteiger partial charge in [0.2, 0.25) is 5.91 Å². The second kappa shape index (κ2) is 6.12. The Morgan fingerprint density at radius 3 is 2.74 bits per heavy atom. The molecule has 0 aliphatic carbocycles. The standard InChI is InChI=1S/C17H20N4OS/c1-10-6-5-7-14-16(10)19-17(23-14)18-15(22)9-8-13-11(2)20-21(4)12(13)3/h5-7H,8-9H2,1-4H3,(H,18,19,22). The Hall–Kier alpha value is -2.21. The number of aryl methyl sites for hydroxylation is 3. The van der Waals surface area contributed by atoms with Crippen LogP contribution in [0.1, 0.15) is 28.9 Å². The van der Waals surface area contributed by atoms with Crippen LogP contribution in [0.3, 0.4) is 0 Å². The molecular formula is C17H20N4OS. The molecule has 0 atom stereocenters. The van der Waals surface area contributed by atoms with E-state index in [0.717, 1.165) is 32.7 Å². The molecule has 23 heavy (non-hydrogen) atoms. The van der Waals surface area contributed by atoms with Crippen LogP contribution in [0.2, 0.25) is 0 Å². The van der Waals surface area contributed by atoms with E-state index in [1.54, 1.807) is 0 Å². The maximum atomic E-state index is 12.2. The monoisotopic (exact) mass is 328 g/mol. The van der Waals surface area contributed by atoms with Crippen LogP contribution >= 0.6 is 11.3 Å². The van der Waals surface area contributed by atoms with Gasteiger partial charge >= 0.3 is 0 Å². The Bertz CT molecular complexity index is 878. The smallest absolute Gasteiger partial charge is 0.226 e. The first-order valence-electron chi connectivity index (χ1n) is 7.61. The quantitative estimate of drug-likeness (QED) is 0.797. The van der Waals surface area contributed by atoms with E-state index in [1.807, 2.05) is 50.7 Å². The van der Waals surface area contributed by atoms with Crippen molar-refractivity contribution in [1.29, 1.82) is 0 Å². The summed E-state index contributed by atoms with van der Waals surface area (Å²) < 4.78 is 2.96. The number of carbonyl (C=O) groups is 1. The summed E-state index contributed by atoms with van der Waals surface area (Å²) >= 11 is 1.51. The average molecular weight is 328 g/mol. The molecule has 0 saturated carbocycles. The lowest BCUT2D eigenvalue weighted by Gasteiger charge is -2.03. The van der Waals surface area contributed by atoms with Gasteiger partial charge in [0.1, 0.15) is 0 Å². The van der Waals surface area contributed by atoms with Crippen LogP contribution in [0.4, 0.5) is 5.13 Å². The van der Waals surface area contributed by atoms with E-state index in [2.05, 4.69) is 15.4 Å². The third-order valence-corrected chi connectivity index (χ3v) is 5.06. The highest BCUT2D eigenvalue weighted by atomic mass is 32.1. The van der Waals surface area contributed by atoms with Crippen LogP contribution in [0.15, 0.2) is 18.2 Å². The number of anilines is 1. The highest BCUT2D eigenvalue weighted by molar-refractivity contribution is 7.22. The number of thiazole rings is 1. The van der Waals surface area contributed by atoms with Crippen LogP contribution in [0.5, 0.6) is 0 Å². The lowest BCUT2D eigenvalue weighted by Crippen LogP contribution is -2.12. The summed E-state index contributed by atoms with van der Waals surface area (Å²) in [5, 5.41) is 7.97. The van der Waals surface area contributed by atoms with Crippen LogP contribution in [0.25, 0.3) is 10.2 Å². The molecule has 1 amide bonds. The van der Waals surface area contributed by atoms with Gasteiger partial charge in [-0.25, -0.2) is 4.98 Å². The second-order valence-electron chi connectivity index (χ2n) is 5.76. The van der Waals surface area contributed by atoms with E-state index >= 15 is 0 Å². The van der Waals surface area contributed by atoms with E-state index in [1.165, 1.54) is 11.3 Å². The molecule has 120 valence electrons. The summed E-state index contributed by atoms with van der Waals surface area (Å²) in [4.78, 5) is 16.7. The third kappa shape index (κ3) is 3.12. The van der Waals surface area contributed by atoms with E-state index in [9.17, 15) is 4.79 Å². The third-order valence-electron chi connectivity index (χ3n) is 4.13. The number of amides is 1. The number of fused-ring (bicyclic) bond motifs is 1. The molecule has 3 rings (SSSR count). The minimum atomic E-state index is -0.00985. The number of benzene rings is 1. The van der Waals surface area contributed by atoms with Gasteiger partial charge in [0, 0.05) is 19.2 Å². The highest BCUT2D eigenvalue weighted by Crippen LogP contribution is 2.28. The number of aromatic nitrogens is 3. The Balaban J connectivity index is 1.68. The SMILES string of the molecule is Cc1nn(C)c(C)c1CCC(=O)Nc1nc2c(C)cccc2s1. The number of hydrogen-bond donors (Lipinski definition) is 1. The van der Waals surface area contributed by atoms with Gasteiger partial charge in [0.15, 0.2) is 5.13 Å². The number of rotatable bonds is 4. The molecule has 0 aliphatic heterocycles. The van der Waals surface area contributed by atoms with Crippen LogP contribution in [-0.4, -0.2) is 20.7 Å². The minimum absolute atomic E-state index is 0.00985. The number of nitrogens with zero attached hydrogens (tertiary/aromatic N) is 3. The molecule has 3 aromatic rings. The van der Waals surface area contributed by atoms with Gasteiger partial charge < -0.3 is 5.32 Å². The van der Waals surface area contributed by atoms with Crippen molar-refractivity contribution in [3.05, 3.63) is 40.7 Å². The van der Waals surface area contributed by atoms with Crippen molar-refractivity contribution >= 4 is 32.6 Å². The largest absolute Gasteiger partial charge is 0.302 e. The molecule has 2 aromatic heterocycles. The summed E-state index contributed by atoms with van der Waals surface area (Å²) in [6, 6.07) is 6.06. The fraction of sp³-hybridized carbons (Fsp3) is 0.353. The molecule has 0 fully saturated rings. The topological polar surface area (TPSA) is 59.8 Å². The Morgan fingerprint density at radius 2 is 2.09 bits per heavy atom. The van der Waals surface area contributed by atoms with Crippen LogP contribution in [-0.2, 0) is 18.3 Å². The number of hydrogen-bond acceptors (Lipinski definition) is 4. The maximum Gasteiger partial charge on any atom is 0.226 e. The van der Waals surface area contributed by atoms with Crippen molar-refractivity contribution in [1.82, 2.24) is 14.8 Å². The number of carbonyl (C=O) groups excluding carboxylic acids is 1. The Kier molecular flexibility index (Phi) is 4.17. The van der Waals surface area contributed by atoms with E-state index in [0.29, 0.717) is 18.0 Å². The highest BCUT2D eigenvalue weighted by Gasteiger charge is 2.13. The van der Waals surface area contributed by atoms with Crippen molar-refractivity contribution in [3.63, 3.8) is 0 Å². The van der Waals surface area contributed by atoms with Gasteiger partial charge in [-0.1, -0.05) is 23.5 Å². The minimum Gasteiger partial charge on any atom is -0.302 e. The zero-order chi connectivity index (χ0) is 16.6. The summed E-state index contributed by atoms with van der Waals surface area (Å²) in [5.41, 5.74) is 5.36. The van der Waals surface area contributed by atoms with Gasteiger partial charge in [-0.15, -0.1) is 0 Å². The van der Waals surface area contributed by atoms with Gasteiger partial charge in [-0.05, 0) is 44.4 Å². The Morgan fingerprint density at radius 1 is 1.30 bits per heavy atom. The molecule has 1 aromatic carbocycles. The van der Waals surface area contributed by atoms with Crippen molar-refractivity contribution in [3.8, 4) is 0 Å². The molecular weight excluding hydrogens is 308 g/mol. The van der Waals surface area contributed by atoms with E-state index < -0.39 is 0 Å². The lowest BCUT2D eigenvalue weighted by molar-refractivity contribution is -0.116. The number of para-hydroxylation sites is 1. The van der Waals surface area contributed by atoms with Crippen molar-refractivity contribution in [2.75, 3.05) is 5.32 Å². The molecule has 2 heterocycles. The van der Waals surface area contributed by atoms with Gasteiger partial charge in [0.05, 0.1) is 15.9 Å². The fourth-order valence-corrected chi connectivity index (χ4v) is 3.70. The number of nitrogens with one attached hydrogen (secondary N) is 1. The fourth-order valence-electron chi connectivity index (χ4n) is 2.74. The van der Waals surface area contributed by atoms with E-state index in [-0.39, 0.29) is 5.91 Å². The zero-order valence-corrected chi connectivity index (χ0v) is 14.6. The normalized spacial score (nSPS) is 11.1. The lowest BCUT2D eigenvalue weighted by atomic mass is 10.1. The second-order valence-corrected chi connectivity index (χ2v) is 6.79. The van der Waals surface area contributed by atoms with Gasteiger partial charge in [-0.2, -0.15) is 5.10 Å². The summed E-state index contributed by atoms with van der Waals surface area (Å²) in [6.45, 7) is 6.04. The van der Waals surface area contributed by atoms with Crippen molar-refractivity contribution in [2.45, 2.75) is 33.6 Å². The van der Waals surface area contributed by atoms with Crippen LogP contribution < -0.4 is 5.32 Å². The van der Waals surface area contributed by atoms with Crippen molar-refractivity contribution < 1.29 is 4.79 Å². The van der Waals surface area contributed by atoms with Crippen LogP contribution in [0, 0.1) is 20.8 Å². The molecule has 0 aliphatic rings. The molecule has 0 radical (unpaired) electrons. The molecule has 0 spiro atoms. The van der Waals surface area contributed by atoms with Crippen molar-refractivity contribution in [2.24, 2.45) is 7.05 Å². The summed E-state index contributed by atoms with van der Waals surface area (Å²) in [6.07, 6.45) is 1.13. The zero-order valence-electron chi connectivity index (χ0n) is 13.8. The first-order chi connectivity index (χ1) is 11.0. The Labute approximate surface area is 139 Å². The van der Waals surface area contributed by atoms with Gasteiger partial charge in [-0.3, -0.25) is 9.48 Å². The molecule has 6 heteroatoms. The summed E-state index contributed by atoms with van der Waals surface area (Å²) in [7, 11) is 1.93. The predicted molar refractivity (Wildman–Crippen MR) is 94.0 cm³/mol. The predicted octanol–water partition coefficient (Wildman–Crippen LogP) is 3.53. The first-order valence-corrected chi connectivity index (χ1v) is 8.42. The molecule has 0 bridgehead atoms. The molecule has 0 unspecified atom stereocenters.